The van der Waals surface area contributed by atoms with Crippen molar-refractivity contribution in [3.8, 4) is 0 Å². The van der Waals surface area contributed by atoms with Crippen molar-refractivity contribution >= 4 is 38.2 Å². The summed E-state index contributed by atoms with van der Waals surface area (Å²) in [7, 11) is -2.19. The van der Waals surface area contributed by atoms with Crippen molar-refractivity contribution in [2.75, 3.05) is 6.54 Å². The van der Waals surface area contributed by atoms with Crippen molar-refractivity contribution in [3.05, 3.63) is 50.6 Å². The molecule has 0 unspecified atom stereocenters. The number of carbonyl (C=O) groups is 1. The molecule has 0 aliphatic heterocycles. The van der Waals surface area contributed by atoms with E-state index < -0.39 is 15.8 Å². The van der Waals surface area contributed by atoms with E-state index in [0.717, 1.165) is 4.88 Å². The number of oxazole rings is 1. The molecule has 2 aromatic heterocycles. The van der Waals surface area contributed by atoms with E-state index in [-0.39, 0.29) is 17.2 Å². The van der Waals surface area contributed by atoms with Crippen LogP contribution in [0.2, 0.25) is 0 Å². The number of aryl methyl sites for hydroxylation is 1. The first-order valence-corrected chi connectivity index (χ1v) is 9.77. The number of hydrogen-bond acceptors (Lipinski definition) is 6. The fraction of sp³-hybridized carbons (Fsp3) is 0.250. The summed E-state index contributed by atoms with van der Waals surface area (Å²) in [4.78, 5) is 24.4. The Kier molecular flexibility index (Phi) is 4.63. The van der Waals surface area contributed by atoms with Gasteiger partial charge in [0.2, 0.25) is 10.0 Å². The third-order valence-corrected chi connectivity index (χ3v) is 6.45. The highest BCUT2D eigenvalue weighted by Gasteiger charge is 2.16. The molecule has 0 radical (unpaired) electrons. The minimum Gasteiger partial charge on any atom is -0.408 e. The average Bonchev–Trinajstić information content (AvgIpc) is 3.13. The quantitative estimate of drug-likeness (QED) is 0.659. The molecule has 3 aromatic rings. The van der Waals surface area contributed by atoms with Gasteiger partial charge in [0, 0.05) is 18.5 Å². The van der Waals surface area contributed by atoms with Crippen molar-refractivity contribution < 1.29 is 17.6 Å². The topological polar surface area (TPSA) is 98.4 Å². The standard InChI is InChI=1S/C16H16N2O5S2/c1-10(19)15-6-3-11(24-15)7-8-17-25(21,22)12-4-5-14-13(9-12)18(2)16(20)23-14/h3-6,9,17H,7-8H2,1-2H3. The van der Waals surface area contributed by atoms with Crippen molar-refractivity contribution in [3.63, 3.8) is 0 Å². The normalized spacial score (nSPS) is 11.9. The van der Waals surface area contributed by atoms with Gasteiger partial charge in [-0.1, -0.05) is 0 Å². The molecule has 7 nitrogen and oxygen atoms in total. The number of rotatable bonds is 6. The molecule has 3 rings (SSSR count). The van der Waals surface area contributed by atoms with Crippen LogP contribution in [0, 0.1) is 0 Å². The van der Waals surface area contributed by atoms with E-state index in [2.05, 4.69) is 4.72 Å². The summed E-state index contributed by atoms with van der Waals surface area (Å²) >= 11 is 1.36. The third-order valence-electron chi connectivity index (χ3n) is 3.75. The van der Waals surface area contributed by atoms with Crippen LogP contribution >= 0.6 is 11.3 Å². The summed E-state index contributed by atoms with van der Waals surface area (Å²) in [5.41, 5.74) is 0.749. The molecular weight excluding hydrogens is 364 g/mol. The number of benzene rings is 1. The van der Waals surface area contributed by atoms with Crippen LogP contribution in [-0.2, 0) is 23.5 Å². The zero-order chi connectivity index (χ0) is 18.2. The van der Waals surface area contributed by atoms with Gasteiger partial charge in [0.25, 0.3) is 0 Å². The van der Waals surface area contributed by atoms with E-state index in [0.29, 0.717) is 22.4 Å². The number of hydrogen-bond donors (Lipinski definition) is 1. The first kappa shape index (κ1) is 17.6. The van der Waals surface area contributed by atoms with Crippen LogP contribution in [0.4, 0.5) is 0 Å². The highest BCUT2D eigenvalue weighted by Crippen LogP contribution is 2.19. The Hall–Kier alpha value is -2.23. The molecule has 0 fully saturated rings. The summed E-state index contributed by atoms with van der Waals surface area (Å²) in [6.07, 6.45) is 0.490. The van der Waals surface area contributed by atoms with Gasteiger partial charge in [0.1, 0.15) is 0 Å². The second kappa shape index (κ2) is 6.58. The van der Waals surface area contributed by atoms with Gasteiger partial charge in [-0.3, -0.25) is 9.36 Å². The molecule has 1 N–H and O–H groups in total. The molecule has 9 heteroatoms. The van der Waals surface area contributed by atoms with E-state index in [1.807, 2.05) is 6.07 Å². The summed E-state index contributed by atoms with van der Waals surface area (Å²) in [5.74, 6) is -0.549. The Morgan fingerprint density at radius 3 is 2.72 bits per heavy atom. The smallest absolute Gasteiger partial charge is 0.408 e. The van der Waals surface area contributed by atoms with E-state index >= 15 is 0 Å². The molecular formula is C16H16N2O5S2. The van der Waals surface area contributed by atoms with E-state index in [9.17, 15) is 18.0 Å². The van der Waals surface area contributed by atoms with Crippen molar-refractivity contribution in [2.45, 2.75) is 18.2 Å². The summed E-state index contributed by atoms with van der Waals surface area (Å²) in [5, 5.41) is 0. The molecule has 0 atom stereocenters. The fourth-order valence-electron chi connectivity index (χ4n) is 2.37. The number of thiophene rings is 1. The van der Waals surface area contributed by atoms with E-state index in [1.54, 1.807) is 6.07 Å². The van der Waals surface area contributed by atoms with Gasteiger partial charge in [-0.15, -0.1) is 11.3 Å². The molecule has 2 heterocycles. The number of nitrogens with zero attached hydrogens (tertiary/aromatic N) is 1. The van der Waals surface area contributed by atoms with Crippen LogP contribution in [-0.4, -0.2) is 25.3 Å². The molecule has 25 heavy (non-hydrogen) atoms. The maximum Gasteiger partial charge on any atom is 0.419 e. The highest BCUT2D eigenvalue weighted by molar-refractivity contribution is 7.89. The average molecular weight is 380 g/mol. The lowest BCUT2D eigenvalue weighted by Crippen LogP contribution is -2.25. The zero-order valence-electron chi connectivity index (χ0n) is 13.6. The largest absolute Gasteiger partial charge is 0.419 e. The molecule has 0 saturated carbocycles. The number of ketones is 1. The number of sulfonamides is 1. The van der Waals surface area contributed by atoms with Crippen LogP contribution in [0.3, 0.4) is 0 Å². The Labute approximate surface area is 147 Å². The summed E-state index contributed by atoms with van der Waals surface area (Å²) in [6, 6.07) is 7.82. The molecule has 132 valence electrons. The van der Waals surface area contributed by atoms with Crippen molar-refractivity contribution in [1.82, 2.24) is 9.29 Å². The van der Waals surface area contributed by atoms with Crippen LogP contribution < -0.4 is 10.5 Å². The number of carbonyl (C=O) groups excluding carboxylic acids is 1. The van der Waals surface area contributed by atoms with Gasteiger partial charge in [-0.2, -0.15) is 0 Å². The summed E-state index contributed by atoms with van der Waals surface area (Å²) < 4.78 is 33.6. The molecule has 0 aliphatic carbocycles. The lowest BCUT2D eigenvalue weighted by molar-refractivity contribution is 0.102. The maximum atomic E-state index is 12.4. The molecule has 1 aromatic carbocycles. The summed E-state index contributed by atoms with van der Waals surface area (Å²) in [6.45, 7) is 1.71. The van der Waals surface area contributed by atoms with Crippen LogP contribution in [0.5, 0.6) is 0 Å². The van der Waals surface area contributed by atoms with E-state index in [4.69, 9.17) is 4.42 Å². The predicted molar refractivity (Wildman–Crippen MR) is 94.7 cm³/mol. The van der Waals surface area contributed by atoms with Crippen molar-refractivity contribution in [2.24, 2.45) is 7.05 Å². The highest BCUT2D eigenvalue weighted by atomic mass is 32.2. The number of aromatic nitrogens is 1. The first-order chi connectivity index (χ1) is 11.8. The lowest BCUT2D eigenvalue weighted by atomic mass is 10.3. The van der Waals surface area contributed by atoms with Crippen LogP contribution in [0.25, 0.3) is 11.1 Å². The van der Waals surface area contributed by atoms with Crippen LogP contribution in [0.1, 0.15) is 21.5 Å². The van der Waals surface area contributed by atoms with Crippen molar-refractivity contribution in [1.29, 1.82) is 0 Å². The predicted octanol–water partition coefficient (Wildman–Crippen LogP) is 1.92. The first-order valence-electron chi connectivity index (χ1n) is 7.47. The lowest BCUT2D eigenvalue weighted by Gasteiger charge is -2.06. The molecule has 0 spiro atoms. The monoisotopic (exact) mass is 380 g/mol. The molecule has 0 amide bonds. The van der Waals surface area contributed by atoms with Gasteiger partial charge in [-0.05, 0) is 43.7 Å². The number of nitrogens with one attached hydrogen (secondary N) is 1. The van der Waals surface area contributed by atoms with Gasteiger partial charge in [0.15, 0.2) is 11.4 Å². The van der Waals surface area contributed by atoms with E-state index in [1.165, 1.54) is 48.1 Å². The minimum atomic E-state index is -3.71. The van der Waals surface area contributed by atoms with Gasteiger partial charge >= 0.3 is 5.76 Å². The second-order valence-corrected chi connectivity index (χ2v) is 8.46. The van der Waals surface area contributed by atoms with Gasteiger partial charge < -0.3 is 4.42 Å². The fourth-order valence-corrected chi connectivity index (χ4v) is 4.32. The zero-order valence-corrected chi connectivity index (χ0v) is 15.2. The Bertz CT molecular complexity index is 1110. The Morgan fingerprint density at radius 2 is 2.04 bits per heavy atom. The molecule has 0 bridgehead atoms. The Morgan fingerprint density at radius 1 is 1.28 bits per heavy atom. The number of fused-ring (bicyclic) bond motifs is 1. The third kappa shape index (κ3) is 3.58. The van der Waals surface area contributed by atoms with Gasteiger partial charge in [0.05, 0.1) is 15.3 Å². The van der Waals surface area contributed by atoms with Crippen LogP contribution in [0.15, 0.2) is 44.4 Å². The van der Waals surface area contributed by atoms with Gasteiger partial charge in [-0.25, -0.2) is 17.9 Å². The Balaban J connectivity index is 1.74. The number of Topliss-reactive ketones (excluding diaryl/α,β-unsaturated/α-hetero) is 1. The second-order valence-electron chi connectivity index (χ2n) is 5.53. The SMILES string of the molecule is CC(=O)c1ccc(CCNS(=O)(=O)c2ccc3oc(=O)n(C)c3c2)s1. The molecule has 0 aliphatic rings. The molecule has 0 saturated heterocycles. The minimum absolute atomic E-state index is 0.00384. The maximum absolute atomic E-state index is 12.4.